The van der Waals surface area contributed by atoms with Crippen LogP contribution in [0.4, 0.5) is 5.82 Å². The van der Waals surface area contributed by atoms with Gasteiger partial charge in [0.1, 0.15) is 11.6 Å². The lowest BCUT2D eigenvalue weighted by molar-refractivity contribution is 0.188. The Hall–Kier alpha value is -3.18. The Morgan fingerprint density at radius 1 is 1.10 bits per heavy atom. The monoisotopic (exact) mass is 412 g/mol. The largest absolute Gasteiger partial charge is 0.383 e. The summed E-state index contributed by atoms with van der Waals surface area (Å²) >= 11 is 0. The lowest BCUT2D eigenvalue weighted by Crippen LogP contribution is -2.18. The number of nitrogens with zero attached hydrogens (tertiary/aromatic N) is 3. The summed E-state index contributed by atoms with van der Waals surface area (Å²) in [5.41, 5.74) is 6.08. The maximum Gasteiger partial charge on any atom is 0.130 e. The molecule has 0 amide bonds. The van der Waals surface area contributed by atoms with Crippen LogP contribution < -0.4 is 5.32 Å². The molecule has 0 spiro atoms. The van der Waals surface area contributed by atoms with Crippen molar-refractivity contribution in [3.63, 3.8) is 0 Å². The molecule has 2 aromatic carbocycles. The summed E-state index contributed by atoms with van der Waals surface area (Å²) in [6, 6.07) is 19.8. The van der Waals surface area contributed by atoms with Crippen molar-refractivity contribution in [1.82, 2.24) is 14.5 Å². The molecule has 5 rings (SSSR count). The molecule has 4 aromatic rings. The molecule has 0 saturated heterocycles. The predicted octanol–water partition coefficient (Wildman–Crippen LogP) is 5.54. The van der Waals surface area contributed by atoms with Gasteiger partial charge in [0.15, 0.2) is 0 Å². The minimum Gasteiger partial charge on any atom is -0.383 e. The number of ether oxygens (including phenoxy) is 1. The van der Waals surface area contributed by atoms with Crippen molar-refractivity contribution < 1.29 is 4.74 Å². The molecule has 1 N–H and O–H groups in total. The Labute approximate surface area is 183 Å². The van der Waals surface area contributed by atoms with E-state index in [-0.39, 0.29) is 0 Å². The molecular formula is C26H28N4O. The van der Waals surface area contributed by atoms with Gasteiger partial charge >= 0.3 is 0 Å². The molecule has 2 aromatic heterocycles. The van der Waals surface area contributed by atoms with Crippen molar-refractivity contribution in [3.8, 4) is 11.3 Å². The molecule has 1 aliphatic carbocycles. The van der Waals surface area contributed by atoms with Crippen molar-refractivity contribution in [2.45, 2.75) is 38.8 Å². The molecule has 158 valence electrons. The molecule has 0 radical (unpaired) electrons. The number of hydrogen-bond acceptors (Lipinski definition) is 4. The molecule has 31 heavy (non-hydrogen) atoms. The van der Waals surface area contributed by atoms with E-state index in [1.54, 1.807) is 7.11 Å². The molecule has 5 heteroatoms. The van der Waals surface area contributed by atoms with Crippen LogP contribution in [0.5, 0.6) is 0 Å². The van der Waals surface area contributed by atoms with E-state index in [0.717, 1.165) is 42.3 Å². The first kappa shape index (κ1) is 19.8. The van der Waals surface area contributed by atoms with Crippen LogP contribution in [0.3, 0.4) is 0 Å². The van der Waals surface area contributed by atoms with E-state index in [4.69, 9.17) is 14.7 Å². The van der Waals surface area contributed by atoms with E-state index >= 15 is 0 Å². The summed E-state index contributed by atoms with van der Waals surface area (Å²) in [7, 11) is 1.74. The fourth-order valence-corrected chi connectivity index (χ4v) is 4.60. The van der Waals surface area contributed by atoms with E-state index in [2.05, 4.69) is 70.7 Å². The van der Waals surface area contributed by atoms with E-state index in [0.29, 0.717) is 12.6 Å². The number of nitrogens with one attached hydrogen (secondary N) is 1. The zero-order chi connectivity index (χ0) is 21.2. The molecule has 0 unspecified atom stereocenters. The first-order valence-electron chi connectivity index (χ1n) is 11.0. The normalized spacial score (nSPS) is 15.7. The molecule has 5 nitrogen and oxygen atoms in total. The zero-order valence-electron chi connectivity index (χ0n) is 18.1. The predicted molar refractivity (Wildman–Crippen MR) is 125 cm³/mol. The number of methoxy groups -OCH3 is 1. The van der Waals surface area contributed by atoms with Gasteiger partial charge in [-0.1, -0.05) is 36.4 Å². The molecule has 0 aliphatic heterocycles. The number of rotatable bonds is 6. The highest BCUT2D eigenvalue weighted by Gasteiger charge is 2.20. The van der Waals surface area contributed by atoms with Gasteiger partial charge in [-0.25, -0.2) is 9.97 Å². The smallest absolute Gasteiger partial charge is 0.130 e. The van der Waals surface area contributed by atoms with Crippen molar-refractivity contribution >= 4 is 16.7 Å². The second-order valence-corrected chi connectivity index (χ2v) is 8.25. The Morgan fingerprint density at radius 3 is 2.90 bits per heavy atom. The van der Waals surface area contributed by atoms with Gasteiger partial charge in [-0.15, -0.1) is 0 Å². The molecular weight excluding hydrogens is 384 g/mol. The number of benzene rings is 2. The average molecular weight is 413 g/mol. The van der Waals surface area contributed by atoms with Crippen LogP contribution in [-0.2, 0) is 17.7 Å². The first-order valence-corrected chi connectivity index (χ1v) is 11.0. The van der Waals surface area contributed by atoms with Gasteiger partial charge in [0.2, 0.25) is 0 Å². The maximum absolute atomic E-state index is 5.26. The van der Waals surface area contributed by atoms with Gasteiger partial charge in [-0.3, -0.25) is 0 Å². The summed E-state index contributed by atoms with van der Waals surface area (Å²) < 4.78 is 7.49. The van der Waals surface area contributed by atoms with Crippen LogP contribution in [0.1, 0.15) is 35.8 Å². The summed E-state index contributed by atoms with van der Waals surface area (Å²) in [5.74, 6) is 1.66. The Balaban J connectivity index is 1.47. The minimum atomic E-state index is 0.292. The third-order valence-corrected chi connectivity index (χ3v) is 6.14. The Bertz CT molecular complexity index is 1210. The van der Waals surface area contributed by atoms with Crippen LogP contribution in [0.15, 0.2) is 60.8 Å². The van der Waals surface area contributed by atoms with Crippen molar-refractivity contribution in [1.29, 1.82) is 0 Å². The summed E-state index contributed by atoms with van der Waals surface area (Å²) in [6.07, 6.45) is 5.59. The standard InChI is InChI=1S/C26H28N4O/c1-18-27-24(21-11-10-20-12-13-30(14-15-31-2)25(20)16-21)17-26(28-18)29-23-9-5-7-19-6-3-4-8-22(19)23/h3-4,6,8,10-13,16-17,23H,5,7,9,14-15H2,1-2H3,(H,27,28,29)/t23-/m1/s1. The fourth-order valence-electron chi connectivity index (χ4n) is 4.60. The SMILES string of the molecule is COCCn1ccc2ccc(-c3cc(N[C@@H]4CCCc5ccccc54)nc(C)n3)cc21. The second kappa shape index (κ2) is 8.52. The molecule has 0 fully saturated rings. The van der Waals surface area contributed by atoms with Crippen LogP contribution >= 0.6 is 0 Å². The zero-order valence-corrected chi connectivity index (χ0v) is 18.1. The number of aryl methyl sites for hydroxylation is 2. The average Bonchev–Trinajstić information content (AvgIpc) is 3.20. The summed E-state index contributed by atoms with van der Waals surface area (Å²) in [4.78, 5) is 9.43. The van der Waals surface area contributed by atoms with Crippen molar-refractivity contribution in [2.24, 2.45) is 0 Å². The van der Waals surface area contributed by atoms with Crippen molar-refractivity contribution in [3.05, 3.63) is 77.7 Å². The Kier molecular flexibility index (Phi) is 5.43. The number of aromatic nitrogens is 3. The van der Waals surface area contributed by atoms with Gasteiger partial charge < -0.3 is 14.6 Å². The molecule has 0 bridgehead atoms. The number of anilines is 1. The number of hydrogen-bond donors (Lipinski definition) is 1. The highest BCUT2D eigenvalue weighted by Crippen LogP contribution is 2.33. The minimum absolute atomic E-state index is 0.292. The van der Waals surface area contributed by atoms with E-state index in [9.17, 15) is 0 Å². The Morgan fingerprint density at radius 2 is 2.00 bits per heavy atom. The third-order valence-electron chi connectivity index (χ3n) is 6.14. The van der Waals surface area contributed by atoms with Crippen LogP contribution in [-0.4, -0.2) is 28.3 Å². The van der Waals surface area contributed by atoms with Gasteiger partial charge in [0.05, 0.1) is 18.3 Å². The fraction of sp³-hybridized carbons (Fsp3) is 0.308. The lowest BCUT2D eigenvalue weighted by Gasteiger charge is -2.27. The van der Waals surface area contributed by atoms with Crippen molar-refractivity contribution in [2.75, 3.05) is 19.0 Å². The lowest BCUT2D eigenvalue weighted by atomic mass is 9.88. The first-order chi connectivity index (χ1) is 15.2. The number of fused-ring (bicyclic) bond motifs is 2. The molecule has 0 saturated carbocycles. The van der Waals surface area contributed by atoms with Crippen LogP contribution in [0, 0.1) is 6.92 Å². The van der Waals surface area contributed by atoms with E-state index in [1.807, 2.05) is 6.92 Å². The highest BCUT2D eigenvalue weighted by molar-refractivity contribution is 5.85. The second-order valence-electron chi connectivity index (χ2n) is 8.25. The van der Waals surface area contributed by atoms with E-state index < -0.39 is 0 Å². The third kappa shape index (κ3) is 4.06. The van der Waals surface area contributed by atoms with Gasteiger partial charge in [0.25, 0.3) is 0 Å². The molecule has 2 heterocycles. The molecule has 1 aliphatic rings. The van der Waals surface area contributed by atoms with Crippen LogP contribution in [0.2, 0.25) is 0 Å². The van der Waals surface area contributed by atoms with Gasteiger partial charge in [0, 0.05) is 37.0 Å². The van der Waals surface area contributed by atoms with Crippen LogP contribution in [0.25, 0.3) is 22.2 Å². The summed E-state index contributed by atoms with van der Waals surface area (Å²) in [5, 5.41) is 4.91. The van der Waals surface area contributed by atoms with Gasteiger partial charge in [-0.2, -0.15) is 0 Å². The molecule has 1 atom stereocenters. The maximum atomic E-state index is 5.26. The topological polar surface area (TPSA) is 52.0 Å². The summed E-state index contributed by atoms with van der Waals surface area (Å²) in [6.45, 7) is 3.49. The highest BCUT2D eigenvalue weighted by atomic mass is 16.5. The quantitative estimate of drug-likeness (QED) is 0.452. The van der Waals surface area contributed by atoms with Gasteiger partial charge in [-0.05, 0) is 54.8 Å². The van der Waals surface area contributed by atoms with E-state index in [1.165, 1.54) is 28.5 Å².